The van der Waals surface area contributed by atoms with Crippen molar-refractivity contribution in [2.75, 3.05) is 25.4 Å². The average molecular weight is 274 g/mol. The highest BCUT2D eigenvalue weighted by Gasteiger charge is 2.35. The first kappa shape index (κ1) is 14.3. The molecule has 106 valence electrons. The molecule has 0 bridgehead atoms. The van der Waals surface area contributed by atoms with Gasteiger partial charge in [-0.1, -0.05) is 20.3 Å². The van der Waals surface area contributed by atoms with Crippen LogP contribution in [0.3, 0.4) is 0 Å². The van der Waals surface area contributed by atoms with E-state index in [1.165, 1.54) is 12.8 Å². The van der Waals surface area contributed by atoms with E-state index in [0.29, 0.717) is 24.9 Å². The Bertz CT molecular complexity index is 372. The molecule has 2 aliphatic rings. The fourth-order valence-corrected chi connectivity index (χ4v) is 4.65. The van der Waals surface area contributed by atoms with Crippen LogP contribution in [0.1, 0.15) is 46.0 Å². The van der Waals surface area contributed by atoms with E-state index in [4.69, 9.17) is 0 Å². The van der Waals surface area contributed by atoms with Crippen molar-refractivity contribution in [2.45, 2.75) is 52.0 Å². The van der Waals surface area contributed by atoms with Crippen LogP contribution in [0.4, 0.5) is 0 Å². The minimum Gasteiger partial charge on any atom is -0.314 e. The first-order valence-electron chi connectivity index (χ1n) is 7.10. The lowest BCUT2D eigenvalue weighted by Gasteiger charge is -2.25. The summed E-state index contributed by atoms with van der Waals surface area (Å²) in [6.45, 7) is 6.72. The van der Waals surface area contributed by atoms with Crippen molar-refractivity contribution in [3.8, 4) is 0 Å². The van der Waals surface area contributed by atoms with Crippen molar-refractivity contribution < 1.29 is 8.42 Å². The summed E-state index contributed by atoms with van der Waals surface area (Å²) in [7, 11) is -3.04. The van der Waals surface area contributed by atoms with Gasteiger partial charge < -0.3 is 5.32 Å². The molecule has 2 heterocycles. The summed E-state index contributed by atoms with van der Waals surface area (Å²) in [6, 6.07) is 0.407. The third kappa shape index (κ3) is 3.68. The molecule has 18 heavy (non-hydrogen) atoms. The Hall–Kier alpha value is -0.130. The highest BCUT2D eigenvalue weighted by atomic mass is 32.2. The molecular weight excluding hydrogens is 248 g/mol. The van der Waals surface area contributed by atoms with Gasteiger partial charge in [-0.3, -0.25) is 0 Å². The molecule has 5 heteroatoms. The number of sulfonamides is 1. The summed E-state index contributed by atoms with van der Waals surface area (Å²) >= 11 is 0. The van der Waals surface area contributed by atoms with Gasteiger partial charge in [-0.05, 0) is 37.6 Å². The summed E-state index contributed by atoms with van der Waals surface area (Å²) in [4.78, 5) is 0. The van der Waals surface area contributed by atoms with Crippen molar-refractivity contribution in [2.24, 2.45) is 5.41 Å². The third-order valence-electron chi connectivity index (χ3n) is 4.17. The fourth-order valence-electron chi connectivity index (χ4n) is 2.89. The van der Waals surface area contributed by atoms with Crippen molar-refractivity contribution >= 4 is 10.0 Å². The number of rotatable bonds is 4. The second-order valence-electron chi connectivity index (χ2n) is 6.50. The molecule has 1 atom stereocenters. The van der Waals surface area contributed by atoms with Gasteiger partial charge in [-0.2, -0.15) is 0 Å². The number of nitrogens with one attached hydrogen (secondary N) is 1. The Balaban J connectivity index is 1.84. The largest absolute Gasteiger partial charge is 0.314 e. The molecule has 0 aromatic heterocycles. The molecule has 2 rings (SSSR count). The Kier molecular flexibility index (Phi) is 4.34. The van der Waals surface area contributed by atoms with Crippen molar-refractivity contribution in [1.82, 2.24) is 9.62 Å². The monoisotopic (exact) mass is 274 g/mol. The van der Waals surface area contributed by atoms with Crippen LogP contribution >= 0.6 is 0 Å². The molecule has 1 unspecified atom stereocenters. The summed E-state index contributed by atoms with van der Waals surface area (Å²) in [5, 5.41) is 3.42. The Morgan fingerprint density at radius 3 is 2.67 bits per heavy atom. The van der Waals surface area contributed by atoms with Gasteiger partial charge in [0.1, 0.15) is 0 Å². The van der Waals surface area contributed by atoms with Crippen molar-refractivity contribution in [3.63, 3.8) is 0 Å². The Morgan fingerprint density at radius 1 is 1.33 bits per heavy atom. The van der Waals surface area contributed by atoms with Crippen molar-refractivity contribution in [3.05, 3.63) is 0 Å². The van der Waals surface area contributed by atoms with Gasteiger partial charge >= 0.3 is 0 Å². The smallest absolute Gasteiger partial charge is 0.214 e. The zero-order valence-corrected chi connectivity index (χ0v) is 12.4. The number of piperidine rings is 1. The first-order chi connectivity index (χ1) is 8.39. The Labute approximate surface area is 111 Å². The van der Waals surface area contributed by atoms with Gasteiger partial charge in [0.15, 0.2) is 0 Å². The molecule has 4 nitrogen and oxygen atoms in total. The molecule has 0 aliphatic carbocycles. The fraction of sp³-hybridized carbons (Fsp3) is 1.00. The predicted molar refractivity (Wildman–Crippen MR) is 74.0 cm³/mol. The van der Waals surface area contributed by atoms with Crippen molar-refractivity contribution in [1.29, 1.82) is 0 Å². The molecule has 0 amide bonds. The molecular formula is C13H26N2O2S. The van der Waals surface area contributed by atoms with Crippen LogP contribution in [0.25, 0.3) is 0 Å². The van der Waals surface area contributed by atoms with Crippen LogP contribution in [0.2, 0.25) is 0 Å². The van der Waals surface area contributed by atoms with Crippen LogP contribution in [-0.2, 0) is 10.0 Å². The highest BCUT2D eigenvalue weighted by Crippen LogP contribution is 2.30. The van der Waals surface area contributed by atoms with E-state index in [1.807, 2.05) is 0 Å². The summed E-state index contributed by atoms with van der Waals surface area (Å²) in [5.41, 5.74) is 0.149. The first-order valence-corrected chi connectivity index (χ1v) is 8.71. The average Bonchev–Trinajstić information content (AvgIpc) is 2.69. The molecule has 0 radical (unpaired) electrons. The number of hydrogen-bond acceptors (Lipinski definition) is 3. The molecule has 0 saturated carbocycles. The van der Waals surface area contributed by atoms with Gasteiger partial charge in [-0.15, -0.1) is 0 Å². The lowest BCUT2D eigenvalue weighted by atomic mass is 9.93. The van der Waals surface area contributed by atoms with Crippen LogP contribution < -0.4 is 5.32 Å². The van der Waals surface area contributed by atoms with E-state index in [2.05, 4.69) is 19.2 Å². The van der Waals surface area contributed by atoms with Gasteiger partial charge in [0, 0.05) is 19.1 Å². The lowest BCUT2D eigenvalue weighted by Crippen LogP contribution is -2.38. The van der Waals surface area contributed by atoms with E-state index >= 15 is 0 Å². The SMILES string of the molecule is CC1(C)CCN(S(=O)(=O)CCC2CCCCN2)C1. The van der Waals surface area contributed by atoms with Gasteiger partial charge in [-0.25, -0.2) is 12.7 Å². The van der Waals surface area contributed by atoms with Crippen LogP contribution in [-0.4, -0.2) is 44.2 Å². The quantitative estimate of drug-likeness (QED) is 0.847. The maximum atomic E-state index is 12.3. The standard InChI is InChI=1S/C13H26N2O2S/c1-13(2)7-9-15(11-13)18(16,17)10-6-12-5-3-4-8-14-12/h12,14H,3-11H2,1-2H3. The zero-order chi connectivity index (χ0) is 13.2. The van der Waals surface area contributed by atoms with Crippen LogP contribution in [0.15, 0.2) is 0 Å². The second-order valence-corrected chi connectivity index (χ2v) is 8.59. The molecule has 0 spiro atoms. The van der Waals surface area contributed by atoms with Crippen LogP contribution in [0, 0.1) is 5.41 Å². The second kappa shape index (κ2) is 5.47. The van der Waals surface area contributed by atoms with Gasteiger partial charge in [0.25, 0.3) is 0 Å². The lowest BCUT2D eigenvalue weighted by molar-refractivity contribution is 0.369. The zero-order valence-electron chi connectivity index (χ0n) is 11.6. The molecule has 2 saturated heterocycles. The minimum atomic E-state index is -3.04. The number of nitrogens with zero attached hydrogens (tertiary/aromatic N) is 1. The van der Waals surface area contributed by atoms with E-state index in [-0.39, 0.29) is 5.41 Å². The van der Waals surface area contributed by atoms with Gasteiger partial charge in [0.05, 0.1) is 5.75 Å². The maximum absolute atomic E-state index is 12.3. The molecule has 0 aromatic carbocycles. The normalized spacial score (nSPS) is 29.6. The highest BCUT2D eigenvalue weighted by molar-refractivity contribution is 7.89. The van der Waals surface area contributed by atoms with E-state index < -0.39 is 10.0 Å². The maximum Gasteiger partial charge on any atom is 0.214 e. The summed E-state index contributed by atoms with van der Waals surface area (Å²) < 4.78 is 26.2. The minimum absolute atomic E-state index is 0.149. The topological polar surface area (TPSA) is 49.4 Å². The number of hydrogen-bond donors (Lipinski definition) is 1. The van der Waals surface area contributed by atoms with E-state index in [9.17, 15) is 8.42 Å². The predicted octanol–water partition coefficient (Wildman–Crippen LogP) is 1.58. The summed E-state index contributed by atoms with van der Waals surface area (Å²) in [5.74, 6) is 0.306. The molecule has 2 aliphatic heterocycles. The van der Waals surface area contributed by atoms with Gasteiger partial charge in [0.2, 0.25) is 10.0 Å². The summed E-state index contributed by atoms with van der Waals surface area (Å²) in [6.07, 6.45) is 5.33. The third-order valence-corrected chi connectivity index (χ3v) is 6.02. The van der Waals surface area contributed by atoms with E-state index in [0.717, 1.165) is 25.8 Å². The van der Waals surface area contributed by atoms with E-state index in [1.54, 1.807) is 4.31 Å². The Morgan fingerprint density at radius 2 is 2.11 bits per heavy atom. The molecule has 2 fully saturated rings. The van der Waals surface area contributed by atoms with Crippen LogP contribution in [0.5, 0.6) is 0 Å². The molecule has 1 N–H and O–H groups in total. The molecule has 0 aromatic rings.